The number of anilines is 1. The van der Waals surface area contributed by atoms with Crippen LogP contribution in [-0.4, -0.2) is 19.4 Å². The van der Waals surface area contributed by atoms with Crippen molar-refractivity contribution < 1.29 is 13.3 Å². The molecule has 0 heterocycles. The molecule has 0 aromatic heterocycles. The molecule has 3 saturated carbocycles. The molecule has 3 aliphatic carbocycles. The highest BCUT2D eigenvalue weighted by molar-refractivity contribution is 7.89. The van der Waals surface area contributed by atoms with Gasteiger partial charge in [0, 0.05) is 6.04 Å². The Morgan fingerprint density at radius 1 is 1.23 bits per heavy atom. The number of benzene rings is 1. The minimum Gasteiger partial charge on any atom is -0.376 e. The standard InChI is InChI=1S/C14H17N3O4S/c15-22(20,21)10-3-1-2-9(14(10)17(18)19)16-13-11-7-4-5-8(6-7)12(11)13/h1-3,7-8,11-13,16H,4-6H2,(H2,15,20,21). The molecule has 118 valence electrons. The van der Waals surface area contributed by atoms with Gasteiger partial charge in [0.2, 0.25) is 10.0 Å². The number of rotatable bonds is 4. The fourth-order valence-electron chi connectivity index (χ4n) is 4.75. The highest BCUT2D eigenvalue weighted by Crippen LogP contribution is 2.66. The SMILES string of the molecule is NS(=O)(=O)c1cccc(NC2C3C4CCC(C4)C23)c1[N+](=O)[O-]. The van der Waals surface area contributed by atoms with E-state index in [-0.39, 0.29) is 11.7 Å². The second-order valence-electron chi connectivity index (χ2n) is 6.61. The first-order chi connectivity index (χ1) is 10.4. The number of nitrogens with zero attached hydrogens (tertiary/aromatic N) is 1. The van der Waals surface area contributed by atoms with Gasteiger partial charge < -0.3 is 5.32 Å². The lowest BCUT2D eigenvalue weighted by molar-refractivity contribution is -0.386. The molecule has 0 radical (unpaired) electrons. The number of nitro groups is 1. The van der Waals surface area contributed by atoms with E-state index in [0.717, 1.165) is 11.8 Å². The molecule has 3 aliphatic rings. The van der Waals surface area contributed by atoms with E-state index in [1.165, 1.54) is 31.4 Å². The van der Waals surface area contributed by atoms with Crippen LogP contribution in [0.1, 0.15) is 19.3 Å². The number of hydrogen-bond acceptors (Lipinski definition) is 5. The van der Waals surface area contributed by atoms with Crippen LogP contribution < -0.4 is 10.5 Å². The Labute approximate surface area is 128 Å². The number of nitrogens with two attached hydrogens (primary N) is 1. The molecular weight excluding hydrogens is 306 g/mol. The fourth-order valence-corrected chi connectivity index (χ4v) is 5.48. The van der Waals surface area contributed by atoms with E-state index in [2.05, 4.69) is 5.32 Å². The molecule has 4 unspecified atom stereocenters. The first-order valence-corrected chi connectivity index (χ1v) is 8.99. The summed E-state index contributed by atoms with van der Waals surface area (Å²) in [5.41, 5.74) is -0.183. The molecule has 4 rings (SSSR count). The lowest BCUT2D eigenvalue weighted by atomic mass is 10.0. The van der Waals surface area contributed by atoms with Gasteiger partial charge in [-0.1, -0.05) is 6.07 Å². The van der Waals surface area contributed by atoms with Crippen LogP contribution in [0.2, 0.25) is 0 Å². The maximum absolute atomic E-state index is 11.6. The van der Waals surface area contributed by atoms with Crippen molar-refractivity contribution in [1.82, 2.24) is 0 Å². The van der Waals surface area contributed by atoms with E-state index in [1.54, 1.807) is 6.07 Å². The Kier molecular flexibility index (Phi) is 2.80. The largest absolute Gasteiger partial charge is 0.376 e. The summed E-state index contributed by atoms with van der Waals surface area (Å²) in [5.74, 6) is 2.65. The molecule has 8 heteroatoms. The molecule has 0 spiro atoms. The number of nitrogens with one attached hydrogen (secondary N) is 1. The van der Waals surface area contributed by atoms with Crippen molar-refractivity contribution in [3.8, 4) is 0 Å². The minimum absolute atomic E-state index is 0.237. The van der Waals surface area contributed by atoms with Gasteiger partial charge in [-0.05, 0) is 55.1 Å². The Hall–Kier alpha value is -1.67. The molecule has 0 aliphatic heterocycles. The third-order valence-electron chi connectivity index (χ3n) is 5.55. The lowest BCUT2D eigenvalue weighted by Crippen LogP contribution is -2.17. The number of sulfonamides is 1. The maximum Gasteiger partial charge on any atom is 0.312 e. The fraction of sp³-hybridized carbons (Fsp3) is 0.571. The van der Waals surface area contributed by atoms with E-state index < -0.39 is 25.5 Å². The molecule has 0 amide bonds. The van der Waals surface area contributed by atoms with E-state index in [0.29, 0.717) is 11.8 Å². The molecule has 3 N–H and O–H groups in total. The molecule has 4 atom stereocenters. The predicted molar refractivity (Wildman–Crippen MR) is 79.7 cm³/mol. The number of hydrogen-bond donors (Lipinski definition) is 2. The minimum atomic E-state index is -4.13. The second kappa shape index (κ2) is 4.42. The summed E-state index contributed by atoms with van der Waals surface area (Å²) in [6.07, 6.45) is 3.79. The zero-order valence-electron chi connectivity index (χ0n) is 11.8. The third-order valence-corrected chi connectivity index (χ3v) is 6.49. The Morgan fingerprint density at radius 2 is 1.86 bits per heavy atom. The third kappa shape index (κ3) is 1.94. The first-order valence-electron chi connectivity index (χ1n) is 7.44. The lowest BCUT2D eigenvalue weighted by Gasteiger charge is -2.13. The van der Waals surface area contributed by atoms with Crippen LogP contribution in [0.25, 0.3) is 0 Å². The Bertz CT molecular complexity index is 747. The quantitative estimate of drug-likeness (QED) is 0.646. The summed E-state index contributed by atoms with van der Waals surface area (Å²) in [6, 6.07) is 4.46. The van der Waals surface area contributed by atoms with Crippen LogP contribution in [0, 0.1) is 33.8 Å². The van der Waals surface area contributed by atoms with Gasteiger partial charge in [0.15, 0.2) is 4.90 Å². The van der Waals surface area contributed by atoms with Crippen LogP contribution >= 0.6 is 0 Å². The van der Waals surface area contributed by atoms with Gasteiger partial charge in [-0.25, -0.2) is 13.6 Å². The molecule has 22 heavy (non-hydrogen) atoms. The predicted octanol–water partition coefficient (Wildman–Crippen LogP) is 1.70. The summed E-state index contributed by atoms with van der Waals surface area (Å²) in [6.45, 7) is 0. The summed E-state index contributed by atoms with van der Waals surface area (Å²) >= 11 is 0. The zero-order chi connectivity index (χ0) is 15.6. The summed E-state index contributed by atoms with van der Waals surface area (Å²) in [7, 11) is -4.13. The van der Waals surface area contributed by atoms with E-state index >= 15 is 0 Å². The monoisotopic (exact) mass is 323 g/mol. The normalized spacial score (nSPS) is 35.2. The number of para-hydroxylation sites is 1. The first kappa shape index (κ1) is 14.0. The number of nitro benzene ring substituents is 1. The summed E-state index contributed by atoms with van der Waals surface area (Å²) in [4.78, 5) is 10.2. The van der Waals surface area contributed by atoms with Crippen molar-refractivity contribution in [3.05, 3.63) is 28.3 Å². The molecule has 1 aromatic rings. The topological polar surface area (TPSA) is 115 Å². The van der Waals surface area contributed by atoms with Crippen LogP contribution in [0.3, 0.4) is 0 Å². The van der Waals surface area contributed by atoms with Crippen molar-refractivity contribution in [2.75, 3.05) is 5.32 Å². The van der Waals surface area contributed by atoms with Crippen LogP contribution in [0.5, 0.6) is 0 Å². The Morgan fingerprint density at radius 3 is 2.41 bits per heavy atom. The van der Waals surface area contributed by atoms with Crippen LogP contribution in [0.15, 0.2) is 23.1 Å². The van der Waals surface area contributed by atoms with Crippen molar-refractivity contribution in [3.63, 3.8) is 0 Å². The molecular formula is C14H17N3O4S. The van der Waals surface area contributed by atoms with Gasteiger partial charge >= 0.3 is 5.69 Å². The van der Waals surface area contributed by atoms with Gasteiger partial charge in [0.1, 0.15) is 5.69 Å². The van der Waals surface area contributed by atoms with Crippen molar-refractivity contribution >= 4 is 21.4 Å². The number of fused-ring (bicyclic) bond motifs is 5. The van der Waals surface area contributed by atoms with Gasteiger partial charge in [-0.15, -0.1) is 0 Å². The molecule has 0 saturated heterocycles. The Balaban J connectivity index is 1.67. The van der Waals surface area contributed by atoms with E-state index in [9.17, 15) is 18.5 Å². The van der Waals surface area contributed by atoms with E-state index in [4.69, 9.17) is 5.14 Å². The van der Waals surface area contributed by atoms with Gasteiger partial charge in [0.05, 0.1) is 4.92 Å². The van der Waals surface area contributed by atoms with Crippen molar-refractivity contribution in [2.45, 2.75) is 30.2 Å². The highest BCUT2D eigenvalue weighted by Gasteiger charge is 2.65. The smallest absolute Gasteiger partial charge is 0.312 e. The van der Waals surface area contributed by atoms with Gasteiger partial charge in [-0.3, -0.25) is 10.1 Å². The van der Waals surface area contributed by atoms with Gasteiger partial charge in [0.25, 0.3) is 0 Å². The molecule has 1 aromatic carbocycles. The van der Waals surface area contributed by atoms with Crippen LogP contribution in [0.4, 0.5) is 11.4 Å². The average Bonchev–Trinajstić information content (AvgIpc) is 2.82. The summed E-state index contributed by atoms with van der Waals surface area (Å²) in [5, 5.41) is 19.6. The second-order valence-corrected chi connectivity index (χ2v) is 8.14. The van der Waals surface area contributed by atoms with Crippen LogP contribution in [-0.2, 0) is 10.0 Å². The molecule has 7 nitrogen and oxygen atoms in total. The van der Waals surface area contributed by atoms with Crippen molar-refractivity contribution in [1.29, 1.82) is 0 Å². The zero-order valence-corrected chi connectivity index (χ0v) is 12.6. The van der Waals surface area contributed by atoms with E-state index in [1.807, 2.05) is 0 Å². The maximum atomic E-state index is 11.6. The average molecular weight is 323 g/mol. The number of primary sulfonamides is 1. The van der Waals surface area contributed by atoms with Gasteiger partial charge in [-0.2, -0.15) is 0 Å². The molecule has 2 bridgehead atoms. The highest BCUT2D eigenvalue weighted by atomic mass is 32.2. The summed E-state index contributed by atoms with van der Waals surface area (Å²) < 4.78 is 23.1. The van der Waals surface area contributed by atoms with Crippen molar-refractivity contribution in [2.24, 2.45) is 28.8 Å². The molecule has 3 fully saturated rings.